The smallest absolute Gasteiger partial charge is 0.166 e. The zero-order valence-corrected chi connectivity index (χ0v) is 22.0. The topological polar surface area (TPSA) is 38.8 Å². The Kier molecular flexibility index (Phi) is 8.05. The minimum atomic E-state index is 0.109. The molecule has 1 saturated heterocycles. The molecule has 3 aliphatic rings. The fraction of sp³-hybridized carbons (Fsp3) is 0.364. The quantitative estimate of drug-likeness (QED) is 0.385. The van der Waals surface area contributed by atoms with Crippen LogP contribution in [-0.4, -0.2) is 38.0 Å². The maximum atomic E-state index is 12.9. The van der Waals surface area contributed by atoms with E-state index >= 15 is 0 Å². The summed E-state index contributed by atoms with van der Waals surface area (Å²) in [5.41, 5.74) is 6.15. The van der Waals surface area contributed by atoms with Crippen LogP contribution in [0.4, 0.5) is 0 Å². The lowest BCUT2D eigenvalue weighted by molar-refractivity contribution is 0.0895. The Bertz CT molecular complexity index is 1240. The highest BCUT2D eigenvalue weighted by Gasteiger charge is 2.34. The van der Waals surface area contributed by atoms with E-state index in [0.717, 1.165) is 50.0 Å². The summed E-state index contributed by atoms with van der Waals surface area (Å²) in [6, 6.07) is 23.0. The van der Waals surface area contributed by atoms with Crippen LogP contribution in [0.15, 0.2) is 72.8 Å². The molecular formula is C33H37NO3. The van der Waals surface area contributed by atoms with Gasteiger partial charge in [-0.15, -0.1) is 0 Å². The highest BCUT2D eigenvalue weighted by atomic mass is 16.5. The highest BCUT2D eigenvalue weighted by Crippen LogP contribution is 2.39. The fourth-order valence-corrected chi connectivity index (χ4v) is 5.91. The van der Waals surface area contributed by atoms with E-state index in [-0.39, 0.29) is 11.7 Å². The van der Waals surface area contributed by atoms with Crippen LogP contribution in [0.5, 0.6) is 11.5 Å². The van der Waals surface area contributed by atoms with Crippen LogP contribution in [0.3, 0.4) is 0 Å². The summed E-state index contributed by atoms with van der Waals surface area (Å²) < 4.78 is 10.8. The lowest BCUT2D eigenvalue weighted by Gasteiger charge is -2.32. The molecule has 1 fully saturated rings. The first-order valence-corrected chi connectivity index (χ1v) is 13.4. The number of hydrogen-bond donors (Lipinski definition) is 0. The predicted octanol–water partition coefficient (Wildman–Crippen LogP) is 6.62. The SMILES string of the molecule is C1=Cc2ccccc2C1.COc1cc2c(cc1OC)C(=O)C(CC1CCN(Cc3ccccc3)CC1)C2. The molecule has 1 aliphatic heterocycles. The third-order valence-electron chi connectivity index (χ3n) is 7.98. The van der Waals surface area contributed by atoms with Gasteiger partial charge in [0.05, 0.1) is 14.2 Å². The molecule has 37 heavy (non-hydrogen) atoms. The van der Waals surface area contributed by atoms with E-state index in [0.29, 0.717) is 17.4 Å². The zero-order chi connectivity index (χ0) is 25.6. The molecule has 0 N–H and O–H groups in total. The second-order valence-corrected chi connectivity index (χ2v) is 10.4. The van der Waals surface area contributed by atoms with E-state index in [1.165, 1.54) is 29.5 Å². The van der Waals surface area contributed by atoms with Crippen LogP contribution in [0, 0.1) is 11.8 Å². The van der Waals surface area contributed by atoms with E-state index < -0.39 is 0 Å². The second-order valence-electron chi connectivity index (χ2n) is 10.4. The molecule has 4 nitrogen and oxygen atoms in total. The lowest BCUT2D eigenvalue weighted by atomic mass is 9.85. The molecular weight excluding hydrogens is 458 g/mol. The number of ketones is 1. The van der Waals surface area contributed by atoms with Gasteiger partial charge in [-0.1, -0.05) is 66.7 Å². The molecule has 0 saturated carbocycles. The van der Waals surface area contributed by atoms with Gasteiger partial charge in [-0.25, -0.2) is 0 Å². The van der Waals surface area contributed by atoms with Crippen LogP contribution < -0.4 is 9.47 Å². The van der Waals surface area contributed by atoms with Gasteiger partial charge < -0.3 is 9.47 Å². The number of nitrogens with zero attached hydrogens (tertiary/aromatic N) is 1. The van der Waals surface area contributed by atoms with Gasteiger partial charge in [-0.3, -0.25) is 9.69 Å². The van der Waals surface area contributed by atoms with Gasteiger partial charge in [0.15, 0.2) is 17.3 Å². The van der Waals surface area contributed by atoms with Crippen LogP contribution in [-0.2, 0) is 19.4 Å². The third kappa shape index (κ3) is 5.97. The van der Waals surface area contributed by atoms with Crippen molar-refractivity contribution in [1.82, 2.24) is 4.90 Å². The average molecular weight is 496 g/mol. The second kappa shape index (κ2) is 11.8. The van der Waals surface area contributed by atoms with E-state index in [2.05, 4.69) is 71.6 Å². The van der Waals surface area contributed by atoms with E-state index in [1.54, 1.807) is 14.2 Å². The first-order valence-electron chi connectivity index (χ1n) is 13.4. The van der Waals surface area contributed by atoms with Crippen molar-refractivity contribution in [2.45, 2.75) is 38.6 Å². The number of hydrogen-bond acceptors (Lipinski definition) is 4. The molecule has 1 atom stereocenters. The molecule has 3 aromatic rings. The number of carbonyl (C=O) groups excluding carboxylic acids is 1. The molecule has 4 heteroatoms. The number of ether oxygens (including phenoxy) is 2. The molecule has 0 spiro atoms. The number of rotatable bonds is 6. The normalized spacial score (nSPS) is 18.6. The zero-order valence-electron chi connectivity index (χ0n) is 22.0. The summed E-state index contributed by atoms with van der Waals surface area (Å²) in [5, 5.41) is 0. The Balaban J connectivity index is 0.000000260. The largest absolute Gasteiger partial charge is 0.493 e. The van der Waals surface area contributed by atoms with Gasteiger partial charge in [-0.05, 0) is 85.5 Å². The molecule has 0 bridgehead atoms. The van der Waals surface area contributed by atoms with Crippen molar-refractivity contribution in [3.63, 3.8) is 0 Å². The number of likely N-dealkylation sites (tertiary alicyclic amines) is 1. The Morgan fingerprint density at radius 2 is 1.57 bits per heavy atom. The van der Waals surface area contributed by atoms with E-state index in [4.69, 9.17) is 9.47 Å². The monoisotopic (exact) mass is 495 g/mol. The summed E-state index contributed by atoms with van der Waals surface area (Å²) >= 11 is 0. The molecule has 192 valence electrons. The number of piperidine rings is 1. The number of benzene rings is 3. The molecule has 3 aromatic carbocycles. The summed E-state index contributed by atoms with van der Waals surface area (Å²) in [4.78, 5) is 15.5. The molecule has 2 aliphatic carbocycles. The van der Waals surface area contributed by atoms with Crippen LogP contribution in [0.25, 0.3) is 6.08 Å². The van der Waals surface area contributed by atoms with Crippen molar-refractivity contribution in [1.29, 1.82) is 0 Å². The van der Waals surface area contributed by atoms with Crippen molar-refractivity contribution < 1.29 is 14.3 Å². The van der Waals surface area contributed by atoms with E-state index in [9.17, 15) is 4.79 Å². The van der Waals surface area contributed by atoms with Gasteiger partial charge in [0.25, 0.3) is 0 Å². The summed E-state index contributed by atoms with van der Waals surface area (Å²) in [6.45, 7) is 3.27. The number of allylic oxidation sites excluding steroid dienone is 1. The van der Waals surface area contributed by atoms with Crippen molar-refractivity contribution in [3.8, 4) is 11.5 Å². The van der Waals surface area contributed by atoms with Crippen molar-refractivity contribution in [3.05, 3.63) is 101 Å². The van der Waals surface area contributed by atoms with Crippen molar-refractivity contribution in [2.75, 3.05) is 27.3 Å². The Labute approximate surface area is 220 Å². The third-order valence-corrected chi connectivity index (χ3v) is 7.98. The Morgan fingerprint density at radius 3 is 2.30 bits per heavy atom. The first-order chi connectivity index (χ1) is 18.1. The fourth-order valence-electron chi connectivity index (χ4n) is 5.91. The molecule has 0 aromatic heterocycles. The van der Waals surface area contributed by atoms with Gasteiger partial charge in [-0.2, -0.15) is 0 Å². The molecule has 1 heterocycles. The highest BCUT2D eigenvalue weighted by molar-refractivity contribution is 6.02. The van der Waals surface area contributed by atoms with Crippen molar-refractivity contribution in [2.24, 2.45) is 11.8 Å². The summed E-state index contributed by atoms with van der Waals surface area (Å²) in [6.07, 6.45) is 9.69. The van der Waals surface area contributed by atoms with Gasteiger partial charge in [0.1, 0.15) is 0 Å². The Morgan fingerprint density at radius 1 is 0.865 bits per heavy atom. The number of carbonyl (C=O) groups is 1. The minimum absolute atomic E-state index is 0.109. The van der Waals surface area contributed by atoms with E-state index in [1.807, 2.05) is 12.1 Å². The molecule has 0 radical (unpaired) electrons. The minimum Gasteiger partial charge on any atom is -0.493 e. The van der Waals surface area contributed by atoms with Gasteiger partial charge in [0, 0.05) is 18.0 Å². The maximum Gasteiger partial charge on any atom is 0.166 e. The number of methoxy groups -OCH3 is 2. The van der Waals surface area contributed by atoms with Gasteiger partial charge >= 0.3 is 0 Å². The predicted molar refractivity (Wildman–Crippen MR) is 149 cm³/mol. The number of Topliss-reactive ketones (excluding diaryl/α,β-unsaturated/α-hetero) is 1. The Hall–Kier alpha value is -3.37. The molecule has 0 amide bonds. The molecule has 1 unspecified atom stereocenters. The van der Waals surface area contributed by atoms with Crippen LogP contribution in [0.1, 0.15) is 51.9 Å². The van der Waals surface area contributed by atoms with Crippen molar-refractivity contribution >= 4 is 11.9 Å². The lowest BCUT2D eigenvalue weighted by Crippen LogP contribution is -2.34. The molecule has 6 rings (SSSR count). The van der Waals surface area contributed by atoms with Gasteiger partial charge in [0.2, 0.25) is 0 Å². The first kappa shape index (κ1) is 25.3. The summed E-state index contributed by atoms with van der Waals surface area (Å²) in [5.74, 6) is 2.38. The number of fused-ring (bicyclic) bond motifs is 2. The summed E-state index contributed by atoms with van der Waals surface area (Å²) in [7, 11) is 3.26. The maximum absolute atomic E-state index is 12.9. The van der Waals surface area contributed by atoms with Crippen LogP contribution >= 0.6 is 0 Å². The standard InChI is InChI=1S/C24H29NO3.C9H8/c1-27-22-14-19-13-20(24(26)21(19)15-23(22)28-2)12-17-8-10-25(11-9-17)16-18-6-4-3-5-7-18;1-2-5-9-7-3-6-8(9)4-1/h3-7,14-15,17,20H,8-13,16H2,1-2H3;1-6H,7H2. The van der Waals surface area contributed by atoms with Crippen LogP contribution in [0.2, 0.25) is 0 Å². The average Bonchev–Trinajstić information content (AvgIpc) is 3.54.